The van der Waals surface area contributed by atoms with Crippen LogP contribution in [0, 0.1) is 13.8 Å². The predicted octanol–water partition coefficient (Wildman–Crippen LogP) is 1.87. The van der Waals surface area contributed by atoms with Gasteiger partial charge in [0.05, 0.1) is 18.7 Å². The van der Waals surface area contributed by atoms with Gasteiger partial charge in [-0.3, -0.25) is 9.48 Å². The molecule has 0 bridgehead atoms. The number of carbonyl (C=O) groups excluding carboxylic acids is 1. The summed E-state index contributed by atoms with van der Waals surface area (Å²) in [6.07, 6.45) is -2.38. The first-order valence-corrected chi connectivity index (χ1v) is 5.42. The Morgan fingerprint density at radius 1 is 1.47 bits per heavy atom. The van der Waals surface area contributed by atoms with E-state index in [2.05, 4.69) is 5.10 Å². The average Bonchev–Trinajstić information content (AvgIpc) is 2.45. The van der Waals surface area contributed by atoms with Gasteiger partial charge in [0.1, 0.15) is 6.54 Å². The van der Waals surface area contributed by atoms with Gasteiger partial charge in [0.25, 0.3) is 6.43 Å². The maximum Gasteiger partial charge on any atom is 0.310 e. The van der Waals surface area contributed by atoms with Crippen molar-refractivity contribution in [3.05, 3.63) is 17.0 Å². The van der Waals surface area contributed by atoms with Crippen LogP contribution in [-0.2, 0) is 22.5 Å². The molecule has 4 nitrogen and oxygen atoms in total. The molecular weight excluding hydrogens is 230 g/mol. The molecule has 0 N–H and O–H groups in total. The molecule has 6 heteroatoms. The van der Waals surface area contributed by atoms with Crippen molar-refractivity contribution in [2.45, 2.75) is 40.2 Å². The summed E-state index contributed by atoms with van der Waals surface area (Å²) in [5, 5.41) is 3.99. The van der Waals surface area contributed by atoms with Gasteiger partial charge in [-0.05, 0) is 20.8 Å². The van der Waals surface area contributed by atoms with Gasteiger partial charge in [-0.1, -0.05) is 0 Å². The van der Waals surface area contributed by atoms with Gasteiger partial charge in [-0.15, -0.1) is 0 Å². The quantitative estimate of drug-likeness (QED) is 0.745. The standard InChI is InChI=1S/C11H16F2N2O2/c1-4-17-11(16)5-9-7(2)14-15(8(9)3)6-10(12)13/h10H,4-6H2,1-3H3. The Bertz CT molecular complexity index is 402. The molecule has 0 fully saturated rings. The van der Waals surface area contributed by atoms with Crippen molar-refractivity contribution in [2.75, 3.05) is 6.61 Å². The summed E-state index contributed by atoms with van der Waals surface area (Å²) < 4.78 is 30.6. The molecular formula is C11H16F2N2O2. The number of aromatic nitrogens is 2. The Hall–Kier alpha value is -1.46. The second-order valence-corrected chi connectivity index (χ2v) is 3.70. The van der Waals surface area contributed by atoms with Crippen molar-refractivity contribution in [2.24, 2.45) is 0 Å². The van der Waals surface area contributed by atoms with Crippen LogP contribution in [0.25, 0.3) is 0 Å². The molecule has 1 rings (SSSR count). The van der Waals surface area contributed by atoms with Crippen LogP contribution in [-0.4, -0.2) is 28.8 Å². The fourth-order valence-electron chi connectivity index (χ4n) is 1.65. The first-order valence-electron chi connectivity index (χ1n) is 5.42. The minimum Gasteiger partial charge on any atom is -0.466 e. The minimum absolute atomic E-state index is 0.0781. The lowest BCUT2D eigenvalue weighted by Crippen LogP contribution is -2.11. The van der Waals surface area contributed by atoms with Crippen molar-refractivity contribution >= 4 is 5.97 Å². The van der Waals surface area contributed by atoms with Gasteiger partial charge in [-0.2, -0.15) is 5.10 Å². The van der Waals surface area contributed by atoms with E-state index in [1.807, 2.05) is 0 Å². The van der Waals surface area contributed by atoms with Crippen molar-refractivity contribution in [3.8, 4) is 0 Å². The SMILES string of the molecule is CCOC(=O)Cc1c(C)nn(CC(F)F)c1C. The second-order valence-electron chi connectivity index (χ2n) is 3.70. The van der Waals surface area contributed by atoms with Crippen LogP contribution in [0.1, 0.15) is 23.9 Å². The van der Waals surface area contributed by atoms with Crippen LogP contribution in [0.4, 0.5) is 8.78 Å². The molecule has 0 saturated heterocycles. The Balaban J connectivity index is 2.85. The second kappa shape index (κ2) is 5.75. The number of nitrogens with zero attached hydrogens (tertiary/aromatic N) is 2. The topological polar surface area (TPSA) is 44.1 Å². The van der Waals surface area contributed by atoms with Gasteiger partial charge in [-0.25, -0.2) is 8.78 Å². The molecule has 0 spiro atoms. The molecule has 1 aromatic rings. The van der Waals surface area contributed by atoms with E-state index in [4.69, 9.17) is 4.74 Å². The van der Waals surface area contributed by atoms with E-state index in [-0.39, 0.29) is 12.4 Å². The highest BCUT2D eigenvalue weighted by molar-refractivity contribution is 5.73. The summed E-state index contributed by atoms with van der Waals surface area (Å²) in [4.78, 5) is 11.3. The molecule has 0 unspecified atom stereocenters. The summed E-state index contributed by atoms with van der Waals surface area (Å²) in [6.45, 7) is 4.95. The number of alkyl halides is 2. The molecule has 1 heterocycles. The number of hydrogen-bond acceptors (Lipinski definition) is 3. The van der Waals surface area contributed by atoms with E-state index in [0.29, 0.717) is 23.6 Å². The van der Waals surface area contributed by atoms with E-state index in [9.17, 15) is 13.6 Å². The van der Waals surface area contributed by atoms with E-state index in [1.165, 1.54) is 4.68 Å². The number of hydrogen-bond donors (Lipinski definition) is 0. The minimum atomic E-state index is -2.46. The Morgan fingerprint density at radius 2 is 2.12 bits per heavy atom. The zero-order valence-corrected chi connectivity index (χ0v) is 10.2. The molecule has 96 valence electrons. The van der Waals surface area contributed by atoms with Crippen molar-refractivity contribution in [1.82, 2.24) is 9.78 Å². The molecule has 1 aromatic heterocycles. The largest absolute Gasteiger partial charge is 0.466 e. The third kappa shape index (κ3) is 3.51. The molecule has 0 amide bonds. The normalized spacial score (nSPS) is 10.9. The summed E-state index contributed by atoms with van der Waals surface area (Å²) in [5.41, 5.74) is 1.86. The highest BCUT2D eigenvalue weighted by Crippen LogP contribution is 2.15. The van der Waals surface area contributed by atoms with Gasteiger partial charge in [0.15, 0.2) is 0 Å². The van der Waals surface area contributed by atoms with Gasteiger partial charge in [0.2, 0.25) is 0 Å². The fraction of sp³-hybridized carbons (Fsp3) is 0.636. The number of aryl methyl sites for hydroxylation is 1. The lowest BCUT2D eigenvalue weighted by molar-refractivity contribution is -0.142. The first kappa shape index (κ1) is 13.6. The Morgan fingerprint density at radius 3 is 2.65 bits per heavy atom. The highest BCUT2D eigenvalue weighted by Gasteiger charge is 2.17. The summed E-state index contributed by atoms with van der Waals surface area (Å²) in [6, 6.07) is 0. The van der Waals surface area contributed by atoms with Crippen molar-refractivity contribution in [1.29, 1.82) is 0 Å². The number of rotatable bonds is 5. The lowest BCUT2D eigenvalue weighted by atomic mass is 10.1. The molecule has 0 saturated carbocycles. The maximum absolute atomic E-state index is 12.3. The highest BCUT2D eigenvalue weighted by atomic mass is 19.3. The van der Waals surface area contributed by atoms with Crippen LogP contribution < -0.4 is 0 Å². The van der Waals surface area contributed by atoms with Gasteiger partial charge < -0.3 is 4.74 Å². The van der Waals surface area contributed by atoms with Crippen LogP contribution >= 0.6 is 0 Å². The van der Waals surface area contributed by atoms with Gasteiger partial charge >= 0.3 is 5.97 Å². The molecule has 0 atom stereocenters. The van der Waals surface area contributed by atoms with Crippen LogP contribution in [0.2, 0.25) is 0 Å². The zero-order valence-electron chi connectivity index (χ0n) is 10.2. The number of carbonyl (C=O) groups is 1. The lowest BCUT2D eigenvalue weighted by Gasteiger charge is -2.04. The molecule has 0 aliphatic carbocycles. The first-order chi connectivity index (χ1) is 7.95. The average molecular weight is 246 g/mol. The maximum atomic E-state index is 12.3. The summed E-state index contributed by atoms with van der Waals surface area (Å²) in [7, 11) is 0. The van der Waals surface area contributed by atoms with E-state index < -0.39 is 13.0 Å². The third-order valence-corrected chi connectivity index (χ3v) is 2.47. The van der Waals surface area contributed by atoms with E-state index in [1.54, 1.807) is 20.8 Å². The molecule has 0 aromatic carbocycles. The van der Waals surface area contributed by atoms with Crippen LogP contribution in [0.3, 0.4) is 0 Å². The smallest absolute Gasteiger partial charge is 0.310 e. The van der Waals surface area contributed by atoms with Crippen molar-refractivity contribution in [3.63, 3.8) is 0 Å². The monoisotopic (exact) mass is 246 g/mol. The molecule has 0 aliphatic rings. The number of halogens is 2. The Labute approximate surface area is 98.6 Å². The van der Waals surface area contributed by atoms with Crippen LogP contribution in [0.5, 0.6) is 0 Å². The van der Waals surface area contributed by atoms with Crippen molar-refractivity contribution < 1.29 is 18.3 Å². The van der Waals surface area contributed by atoms with E-state index >= 15 is 0 Å². The van der Waals surface area contributed by atoms with E-state index in [0.717, 1.165) is 0 Å². The predicted molar refractivity (Wildman–Crippen MR) is 58.0 cm³/mol. The summed E-state index contributed by atoms with van der Waals surface area (Å²) in [5.74, 6) is -0.365. The zero-order chi connectivity index (χ0) is 13.0. The molecule has 17 heavy (non-hydrogen) atoms. The number of ether oxygens (including phenoxy) is 1. The number of esters is 1. The van der Waals surface area contributed by atoms with Gasteiger partial charge in [0, 0.05) is 11.3 Å². The summed E-state index contributed by atoms with van der Waals surface area (Å²) >= 11 is 0. The molecule has 0 aliphatic heterocycles. The Kier molecular flexibility index (Phi) is 4.60. The fourth-order valence-corrected chi connectivity index (χ4v) is 1.65. The molecule has 0 radical (unpaired) electrons. The van der Waals surface area contributed by atoms with Crippen LogP contribution in [0.15, 0.2) is 0 Å². The third-order valence-electron chi connectivity index (χ3n) is 2.47.